The van der Waals surface area contributed by atoms with Gasteiger partial charge in [0.15, 0.2) is 11.6 Å². The number of halogens is 1. The Bertz CT molecular complexity index is 1290. The van der Waals surface area contributed by atoms with Crippen molar-refractivity contribution in [1.29, 1.82) is 0 Å². The molecule has 1 spiro atoms. The van der Waals surface area contributed by atoms with Crippen LogP contribution in [0.4, 0.5) is 16.0 Å². The molecule has 0 atom stereocenters. The zero-order valence-corrected chi connectivity index (χ0v) is 19.4. The molecule has 2 aliphatic carbocycles. The molecule has 0 radical (unpaired) electrons. The van der Waals surface area contributed by atoms with E-state index in [1.807, 2.05) is 0 Å². The fourth-order valence-corrected chi connectivity index (χ4v) is 4.81. The Morgan fingerprint density at radius 1 is 1.26 bits per heavy atom. The summed E-state index contributed by atoms with van der Waals surface area (Å²) in [6.07, 6.45) is 6.77. The van der Waals surface area contributed by atoms with Crippen molar-refractivity contribution in [2.45, 2.75) is 37.7 Å². The molecule has 1 fully saturated rings. The average molecular weight is 479 g/mol. The number of nitrogens with two attached hydrogens (primary N) is 1. The van der Waals surface area contributed by atoms with Crippen LogP contribution in [-0.4, -0.2) is 46.2 Å². The number of carbonyl (C=O) groups excluding carboxylic acids is 1. The first-order valence-electron chi connectivity index (χ1n) is 11.6. The molecule has 9 nitrogen and oxygen atoms in total. The first-order chi connectivity index (χ1) is 17.0. The lowest BCUT2D eigenvalue weighted by atomic mass is 9.96. The molecule has 5 rings (SSSR count). The van der Waals surface area contributed by atoms with Gasteiger partial charge in [0.25, 0.3) is 5.91 Å². The summed E-state index contributed by atoms with van der Waals surface area (Å²) in [6.45, 7) is 0.447. The molecule has 3 aromatic rings. The summed E-state index contributed by atoms with van der Waals surface area (Å²) >= 11 is 0. The molecule has 1 saturated carbocycles. The summed E-state index contributed by atoms with van der Waals surface area (Å²) in [5.74, 6) is -0.674. The van der Waals surface area contributed by atoms with E-state index in [1.165, 1.54) is 18.6 Å². The highest BCUT2D eigenvalue weighted by atomic mass is 19.1. The van der Waals surface area contributed by atoms with Crippen molar-refractivity contribution in [3.63, 3.8) is 0 Å². The van der Waals surface area contributed by atoms with Crippen LogP contribution < -0.4 is 21.1 Å². The summed E-state index contributed by atoms with van der Waals surface area (Å²) in [4.78, 5) is 25.6. The molecule has 2 aromatic heterocycles. The third kappa shape index (κ3) is 4.19. The average Bonchev–Trinajstić information content (AvgIpc) is 3.56. The molecule has 0 saturated heterocycles. The van der Waals surface area contributed by atoms with Crippen molar-refractivity contribution in [2.24, 2.45) is 0 Å². The van der Waals surface area contributed by atoms with Crippen LogP contribution in [-0.2, 0) is 18.4 Å². The van der Waals surface area contributed by atoms with E-state index in [1.54, 1.807) is 19.2 Å². The SMILES string of the molecule is CNCCOc1c(N)ncnc1-c1ccnc(NC(=O)c2cc3c(cc2F)C2(CC3)CC2)c1CO. The van der Waals surface area contributed by atoms with Crippen LogP contribution in [0, 0.1) is 5.82 Å². The van der Waals surface area contributed by atoms with Crippen LogP contribution in [0.15, 0.2) is 30.7 Å². The van der Waals surface area contributed by atoms with E-state index >= 15 is 0 Å². The standard InChI is InChI=1S/C25H27FN6O3/c1-28-8-9-35-21-20(30-13-31-22(21)27)15-3-7-29-23(17(15)12-33)32-24(34)16-10-14-2-4-25(5-6-25)18(14)11-19(16)26/h3,7,10-11,13,28,33H,2,4-6,8-9,12H2,1H3,(H2,27,30,31)(H,29,32,34). The maximum absolute atomic E-state index is 15.0. The number of aromatic nitrogens is 3. The van der Waals surface area contributed by atoms with Crippen LogP contribution >= 0.6 is 0 Å². The Balaban J connectivity index is 1.47. The maximum atomic E-state index is 15.0. The molecule has 182 valence electrons. The van der Waals surface area contributed by atoms with Crippen LogP contribution in [0.1, 0.15) is 46.3 Å². The number of nitrogens with one attached hydrogen (secondary N) is 2. The third-order valence-electron chi connectivity index (χ3n) is 6.87. The number of benzene rings is 1. The van der Waals surface area contributed by atoms with E-state index in [-0.39, 0.29) is 28.4 Å². The first-order valence-corrected chi connectivity index (χ1v) is 11.6. The number of hydrogen-bond donors (Lipinski definition) is 4. The predicted octanol–water partition coefficient (Wildman–Crippen LogP) is 2.58. The molecule has 5 N–H and O–H groups in total. The number of amides is 1. The molecule has 35 heavy (non-hydrogen) atoms. The minimum Gasteiger partial charge on any atom is -0.486 e. The van der Waals surface area contributed by atoms with Crippen molar-refractivity contribution in [3.8, 4) is 17.0 Å². The van der Waals surface area contributed by atoms with Gasteiger partial charge in [-0.1, -0.05) is 0 Å². The number of likely N-dealkylation sites (N-methyl/N-ethyl adjacent to an activating group) is 1. The summed E-state index contributed by atoms with van der Waals surface area (Å²) < 4.78 is 20.7. The first kappa shape index (κ1) is 23.1. The second kappa shape index (κ2) is 9.20. The number of ether oxygens (including phenoxy) is 1. The highest BCUT2D eigenvalue weighted by Crippen LogP contribution is 2.57. The summed E-state index contributed by atoms with van der Waals surface area (Å²) in [5, 5.41) is 15.8. The number of nitrogen functional groups attached to an aromatic ring is 1. The number of aliphatic hydroxyl groups is 1. The fourth-order valence-electron chi connectivity index (χ4n) is 4.81. The molecular formula is C25H27FN6O3. The number of anilines is 2. The molecule has 1 aromatic carbocycles. The minimum absolute atomic E-state index is 0.0417. The van der Waals surface area contributed by atoms with Gasteiger partial charge in [0.2, 0.25) is 0 Å². The van der Waals surface area contributed by atoms with Crippen molar-refractivity contribution >= 4 is 17.5 Å². The lowest BCUT2D eigenvalue weighted by Crippen LogP contribution is -2.18. The lowest BCUT2D eigenvalue weighted by Gasteiger charge is -2.16. The number of hydrogen-bond acceptors (Lipinski definition) is 8. The van der Waals surface area contributed by atoms with E-state index in [2.05, 4.69) is 25.6 Å². The minimum atomic E-state index is -0.630. The number of nitrogens with zero attached hydrogens (tertiary/aromatic N) is 3. The number of carbonyl (C=O) groups is 1. The van der Waals surface area contributed by atoms with Gasteiger partial charge in [-0.15, -0.1) is 0 Å². The van der Waals surface area contributed by atoms with E-state index < -0.39 is 18.3 Å². The fraction of sp³-hybridized carbons (Fsp3) is 0.360. The molecule has 10 heteroatoms. The van der Waals surface area contributed by atoms with Gasteiger partial charge < -0.3 is 26.2 Å². The normalized spacial score (nSPS) is 15.2. The predicted molar refractivity (Wildman–Crippen MR) is 129 cm³/mol. The highest BCUT2D eigenvalue weighted by Gasteiger charge is 2.48. The molecular weight excluding hydrogens is 451 g/mol. The zero-order chi connectivity index (χ0) is 24.6. The van der Waals surface area contributed by atoms with Gasteiger partial charge in [-0.05, 0) is 67.5 Å². The molecule has 0 aliphatic heterocycles. The van der Waals surface area contributed by atoms with Crippen LogP contribution in [0.25, 0.3) is 11.3 Å². The van der Waals surface area contributed by atoms with Crippen LogP contribution in [0.2, 0.25) is 0 Å². The third-order valence-corrected chi connectivity index (χ3v) is 6.87. The van der Waals surface area contributed by atoms with Crippen molar-refractivity contribution < 1.29 is 19.0 Å². The lowest BCUT2D eigenvalue weighted by molar-refractivity contribution is 0.102. The van der Waals surface area contributed by atoms with Gasteiger partial charge in [-0.25, -0.2) is 19.3 Å². The summed E-state index contributed by atoms with van der Waals surface area (Å²) in [6, 6.07) is 4.80. The Morgan fingerprint density at radius 2 is 2.09 bits per heavy atom. The van der Waals surface area contributed by atoms with Gasteiger partial charge in [0, 0.05) is 23.9 Å². The second-order valence-corrected chi connectivity index (χ2v) is 8.96. The van der Waals surface area contributed by atoms with Crippen molar-refractivity contribution in [1.82, 2.24) is 20.3 Å². The number of aliphatic hydroxyl groups excluding tert-OH is 1. The van der Waals surface area contributed by atoms with E-state index in [0.29, 0.717) is 30.0 Å². The van der Waals surface area contributed by atoms with Gasteiger partial charge in [0.1, 0.15) is 30.3 Å². The quantitative estimate of drug-likeness (QED) is 0.363. The van der Waals surface area contributed by atoms with E-state index in [9.17, 15) is 14.3 Å². The topological polar surface area (TPSA) is 135 Å². The largest absolute Gasteiger partial charge is 0.486 e. The van der Waals surface area contributed by atoms with Crippen LogP contribution in [0.3, 0.4) is 0 Å². The number of rotatable bonds is 8. The molecule has 2 aliphatic rings. The molecule has 0 bridgehead atoms. The van der Waals surface area contributed by atoms with Crippen LogP contribution in [0.5, 0.6) is 5.75 Å². The molecule has 2 heterocycles. The van der Waals surface area contributed by atoms with Crippen molar-refractivity contribution in [3.05, 3.63) is 58.8 Å². The highest BCUT2D eigenvalue weighted by molar-refractivity contribution is 6.05. The smallest absolute Gasteiger partial charge is 0.259 e. The number of aryl methyl sites for hydroxylation is 1. The number of pyridine rings is 1. The van der Waals surface area contributed by atoms with Gasteiger partial charge >= 0.3 is 0 Å². The Labute approximate surface area is 202 Å². The Kier molecular flexibility index (Phi) is 6.08. The second-order valence-electron chi connectivity index (χ2n) is 8.96. The van der Waals surface area contributed by atoms with Gasteiger partial charge in [-0.3, -0.25) is 4.79 Å². The van der Waals surface area contributed by atoms with E-state index in [0.717, 1.165) is 36.8 Å². The van der Waals surface area contributed by atoms with Gasteiger partial charge in [-0.2, -0.15) is 0 Å². The Hall–Kier alpha value is -3.63. The van der Waals surface area contributed by atoms with E-state index in [4.69, 9.17) is 10.5 Å². The zero-order valence-electron chi connectivity index (χ0n) is 19.4. The van der Waals surface area contributed by atoms with Crippen molar-refractivity contribution in [2.75, 3.05) is 31.2 Å². The monoisotopic (exact) mass is 478 g/mol. The summed E-state index contributed by atoms with van der Waals surface area (Å²) in [5.41, 5.74) is 9.30. The summed E-state index contributed by atoms with van der Waals surface area (Å²) in [7, 11) is 1.80. The van der Waals surface area contributed by atoms with Gasteiger partial charge in [0.05, 0.1) is 12.2 Å². The number of fused-ring (bicyclic) bond motifs is 2. The molecule has 0 unspecified atom stereocenters. The molecule has 1 amide bonds. The Morgan fingerprint density at radius 3 is 2.83 bits per heavy atom. The maximum Gasteiger partial charge on any atom is 0.259 e.